The predicted octanol–water partition coefficient (Wildman–Crippen LogP) is 3.11. The van der Waals surface area contributed by atoms with E-state index in [0.717, 1.165) is 4.57 Å². The van der Waals surface area contributed by atoms with Gasteiger partial charge in [-0.25, -0.2) is 9.78 Å². The molecule has 2 heterocycles. The third-order valence-corrected chi connectivity index (χ3v) is 5.45. The number of carbonyl (C=O) groups excluding carboxylic acids is 1. The summed E-state index contributed by atoms with van der Waals surface area (Å²) in [6.07, 6.45) is 1.39. The van der Waals surface area contributed by atoms with Crippen molar-refractivity contribution < 1.29 is 9.72 Å². The van der Waals surface area contributed by atoms with Crippen LogP contribution in [0.5, 0.6) is 0 Å². The van der Waals surface area contributed by atoms with Crippen LogP contribution in [-0.4, -0.2) is 30.7 Å². The van der Waals surface area contributed by atoms with Crippen molar-refractivity contribution in [1.82, 2.24) is 14.1 Å². The zero-order valence-electron chi connectivity index (χ0n) is 17.3. The Hall–Kier alpha value is -3.33. The van der Waals surface area contributed by atoms with Gasteiger partial charge in [0.2, 0.25) is 0 Å². The average Bonchev–Trinajstić information content (AvgIpc) is 2.75. The second kappa shape index (κ2) is 8.81. The maximum absolute atomic E-state index is 13.2. The Kier molecular flexibility index (Phi) is 6.35. The van der Waals surface area contributed by atoms with E-state index < -0.39 is 16.2 Å². The number of carbonyl (C=O) groups is 1. The molecule has 0 spiro atoms. The number of unbranched alkanes of at least 4 members (excludes halogenated alkanes) is 1. The molecular formula is C21H21ClN4O5. The van der Waals surface area contributed by atoms with Crippen LogP contribution < -0.4 is 11.2 Å². The highest BCUT2D eigenvalue weighted by Crippen LogP contribution is 2.33. The second-order valence-electron chi connectivity index (χ2n) is 7.23. The van der Waals surface area contributed by atoms with Crippen LogP contribution in [0.25, 0.3) is 22.2 Å². The number of hydrogen-bond acceptors (Lipinski definition) is 6. The van der Waals surface area contributed by atoms with Crippen LogP contribution >= 0.6 is 11.6 Å². The van der Waals surface area contributed by atoms with E-state index in [1.54, 1.807) is 13.0 Å². The summed E-state index contributed by atoms with van der Waals surface area (Å²) in [6.45, 7) is 1.62. The van der Waals surface area contributed by atoms with Gasteiger partial charge in [0.1, 0.15) is 5.65 Å². The fraction of sp³-hybridized carbons (Fsp3) is 0.333. The molecule has 1 aromatic carbocycles. The number of alkyl halides is 1. The van der Waals surface area contributed by atoms with Gasteiger partial charge in [-0.1, -0.05) is 12.1 Å². The average molecular weight is 445 g/mol. The molecule has 162 valence electrons. The first-order chi connectivity index (χ1) is 14.7. The van der Waals surface area contributed by atoms with Gasteiger partial charge < -0.3 is 0 Å². The summed E-state index contributed by atoms with van der Waals surface area (Å²) >= 11 is 5.72. The number of pyridine rings is 1. The second-order valence-corrected chi connectivity index (χ2v) is 7.61. The summed E-state index contributed by atoms with van der Waals surface area (Å²) in [5.74, 6) is 0.178. The lowest BCUT2D eigenvalue weighted by Gasteiger charge is -2.17. The van der Waals surface area contributed by atoms with Crippen molar-refractivity contribution >= 4 is 34.1 Å². The lowest BCUT2D eigenvalue weighted by Crippen LogP contribution is -2.38. The summed E-state index contributed by atoms with van der Waals surface area (Å²) < 4.78 is 2.16. The fourth-order valence-electron chi connectivity index (χ4n) is 3.61. The Bertz CT molecular complexity index is 1330. The van der Waals surface area contributed by atoms with Crippen molar-refractivity contribution in [2.45, 2.75) is 26.2 Å². The van der Waals surface area contributed by atoms with Crippen LogP contribution in [0.4, 0.5) is 5.69 Å². The Morgan fingerprint density at radius 2 is 1.90 bits per heavy atom. The third-order valence-electron chi connectivity index (χ3n) is 5.18. The fourth-order valence-corrected chi connectivity index (χ4v) is 3.80. The number of aromatic nitrogens is 3. The molecule has 2 aromatic heterocycles. The molecular weight excluding hydrogens is 424 g/mol. The Morgan fingerprint density at radius 1 is 1.19 bits per heavy atom. The molecule has 0 fully saturated rings. The van der Waals surface area contributed by atoms with E-state index in [0.29, 0.717) is 30.0 Å². The standard InChI is InChI=1S/C21H21ClN4O5/c1-12-16(15(27)9-4-5-10-22)17(13-7-6-8-14(11-13)26(30)31)18-19(23-12)24(2)21(29)25(3)20(18)28/h6-8,11H,4-5,9-10H2,1-3H3. The molecule has 10 heteroatoms. The molecule has 0 unspecified atom stereocenters. The molecule has 3 aromatic rings. The van der Waals surface area contributed by atoms with Crippen LogP contribution in [0, 0.1) is 17.0 Å². The summed E-state index contributed by atoms with van der Waals surface area (Å²) in [6, 6.07) is 5.73. The number of nitro groups is 1. The molecule has 3 rings (SSSR count). The SMILES string of the molecule is Cc1nc2c(c(-c3cccc([N+](=O)[O-])c3)c1C(=O)CCCCCl)c(=O)n(C)c(=O)n2C. The lowest BCUT2D eigenvalue weighted by atomic mass is 9.91. The number of aryl methyl sites for hydroxylation is 2. The minimum absolute atomic E-state index is 0.0661. The van der Waals surface area contributed by atoms with Gasteiger partial charge in [-0.05, 0) is 25.3 Å². The van der Waals surface area contributed by atoms with E-state index in [1.807, 2.05) is 0 Å². The van der Waals surface area contributed by atoms with Gasteiger partial charge in [0.05, 0.1) is 16.0 Å². The number of nitro benzene ring substituents is 1. The van der Waals surface area contributed by atoms with E-state index in [4.69, 9.17) is 11.6 Å². The number of nitrogens with zero attached hydrogens (tertiary/aromatic N) is 4. The van der Waals surface area contributed by atoms with Crippen molar-refractivity contribution in [3.8, 4) is 11.1 Å². The molecule has 9 nitrogen and oxygen atoms in total. The van der Waals surface area contributed by atoms with Crippen molar-refractivity contribution in [2.24, 2.45) is 14.1 Å². The van der Waals surface area contributed by atoms with E-state index >= 15 is 0 Å². The number of rotatable bonds is 7. The molecule has 0 aliphatic carbocycles. The van der Waals surface area contributed by atoms with Crippen molar-refractivity contribution in [2.75, 3.05) is 5.88 Å². The molecule has 0 amide bonds. The minimum atomic E-state index is -0.623. The maximum atomic E-state index is 13.2. The zero-order valence-corrected chi connectivity index (χ0v) is 18.1. The normalized spacial score (nSPS) is 11.1. The summed E-state index contributed by atoms with van der Waals surface area (Å²) in [7, 11) is 2.82. The molecule has 0 radical (unpaired) electrons. The largest absolute Gasteiger partial charge is 0.332 e. The molecule has 0 saturated carbocycles. The molecule has 0 aliphatic heterocycles. The number of hydrogen-bond donors (Lipinski definition) is 0. The molecule has 0 saturated heterocycles. The number of halogens is 1. The van der Waals surface area contributed by atoms with E-state index in [2.05, 4.69) is 4.98 Å². The van der Waals surface area contributed by atoms with Gasteiger partial charge in [-0.2, -0.15) is 0 Å². The molecule has 31 heavy (non-hydrogen) atoms. The minimum Gasteiger partial charge on any atom is -0.294 e. The number of Topliss-reactive ketones (excluding diaryl/α,β-unsaturated/α-hetero) is 1. The van der Waals surface area contributed by atoms with Crippen molar-refractivity contribution in [1.29, 1.82) is 0 Å². The van der Waals surface area contributed by atoms with E-state index in [9.17, 15) is 24.5 Å². The van der Waals surface area contributed by atoms with Gasteiger partial charge >= 0.3 is 5.69 Å². The molecule has 0 bridgehead atoms. The number of ketones is 1. The highest BCUT2D eigenvalue weighted by atomic mass is 35.5. The summed E-state index contributed by atoms with van der Waals surface area (Å²) in [4.78, 5) is 53.9. The molecule has 0 atom stereocenters. The molecule has 0 aliphatic rings. The van der Waals surface area contributed by atoms with E-state index in [1.165, 1.54) is 36.9 Å². The monoisotopic (exact) mass is 444 g/mol. The number of fused-ring (bicyclic) bond motifs is 1. The van der Waals surface area contributed by atoms with Gasteiger partial charge in [0.15, 0.2) is 5.78 Å². The van der Waals surface area contributed by atoms with Crippen LogP contribution in [0.3, 0.4) is 0 Å². The Morgan fingerprint density at radius 3 is 2.55 bits per heavy atom. The first-order valence-corrected chi connectivity index (χ1v) is 10.2. The topological polar surface area (TPSA) is 117 Å². The quantitative estimate of drug-likeness (QED) is 0.182. The number of non-ortho nitro benzene ring substituents is 1. The smallest absolute Gasteiger partial charge is 0.294 e. The van der Waals surface area contributed by atoms with Crippen LogP contribution in [0.1, 0.15) is 35.3 Å². The Balaban J connectivity index is 2.47. The van der Waals surface area contributed by atoms with Gasteiger partial charge in [-0.15, -0.1) is 11.6 Å². The highest BCUT2D eigenvalue weighted by Gasteiger charge is 2.25. The van der Waals surface area contributed by atoms with Crippen molar-refractivity contribution in [3.05, 3.63) is 66.5 Å². The maximum Gasteiger partial charge on any atom is 0.332 e. The first kappa shape index (κ1) is 22.4. The van der Waals surface area contributed by atoms with Gasteiger partial charge in [0.25, 0.3) is 11.2 Å². The van der Waals surface area contributed by atoms with Gasteiger partial charge in [0, 0.05) is 49.7 Å². The van der Waals surface area contributed by atoms with Crippen molar-refractivity contribution in [3.63, 3.8) is 0 Å². The van der Waals surface area contributed by atoms with Crippen LogP contribution in [0.15, 0.2) is 33.9 Å². The highest BCUT2D eigenvalue weighted by molar-refractivity contribution is 6.17. The van der Waals surface area contributed by atoms with Crippen LogP contribution in [0.2, 0.25) is 0 Å². The number of benzene rings is 1. The van der Waals surface area contributed by atoms with Gasteiger partial charge in [-0.3, -0.25) is 28.8 Å². The van der Waals surface area contributed by atoms with E-state index in [-0.39, 0.29) is 40.1 Å². The first-order valence-electron chi connectivity index (χ1n) is 9.63. The Labute approximate surface area is 182 Å². The lowest BCUT2D eigenvalue weighted by molar-refractivity contribution is -0.384. The van der Waals surface area contributed by atoms with Crippen LogP contribution in [-0.2, 0) is 14.1 Å². The third kappa shape index (κ3) is 4.00. The summed E-state index contributed by atoms with van der Waals surface area (Å²) in [5, 5.41) is 11.4. The predicted molar refractivity (Wildman–Crippen MR) is 118 cm³/mol. The molecule has 0 N–H and O–H groups in total. The summed E-state index contributed by atoms with van der Waals surface area (Å²) in [5.41, 5.74) is -0.102. The zero-order chi connectivity index (χ0) is 22.9.